The predicted octanol–water partition coefficient (Wildman–Crippen LogP) is 4.56. The fourth-order valence-corrected chi connectivity index (χ4v) is 2.10. The van der Waals surface area contributed by atoms with E-state index in [-0.39, 0.29) is 10.8 Å². The molecule has 0 heterocycles. The first kappa shape index (κ1) is 14.1. The van der Waals surface area contributed by atoms with E-state index in [9.17, 15) is 0 Å². The van der Waals surface area contributed by atoms with Crippen LogP contribution in [0.5, 0.6) is 0 Å². The van der Waals surface area contributed by atoms with E-state index in [2.05, 4.69) is 60.6 Å². The number of rotatable bonds is 2. The maximum atomic E-state index is 6.07. The molecule has 0 fully saturated rings. The molecule has 0 radical (unpaired) electrons. The molecule has 1 heteroatoms. The van der Waals surface area contributed by atoms with Gasteiger partial charge in [0.2, 0.25) is 0 Å². The van der Waals surface area contributed by atoms with Crippen molar-refractivity contribution in [2.45, 2.75) is 65.7 Å². The monoisotopic (exact) mass is 233 g/mol. The van der Waals surface area contributed by atoms with Gasteiger partial charge in [-0.15, -0.1) is 0 Å². The highest BCUT2D eigenvalue weighted by Gasteiger charge is 2.27. The lowest BCUT2D eigenvalue weighted by Crippen LogP contribution is -2.24. The Hall–Kier alpha value is -0.980. The normalized spacial score (nSPS) is 12.9. The van der Waals surface area contributed by atoms with Crippen LogP contribution < -0.4 is 5.73 Å². The number of aryl methyl sites for hydroxylation is 1. The summed E-state index contributed by atoms with van der Waals surface area (Å²) in [5.74, 6) is 0. The van der Waals surface area contributed by atoms with Crippen LogP contribution >= 0.6 is 0 Å². The molecule has 0 aliphatic carbocycles. The van der Waals surface area contributed by atoms with Crippen molar-refractivity contribution in [3.63, 3.8) is 0 Å². The molecular formula is C16H27N. The van der Waals surface area contributed by atoms with Crippen molar-refractivity contribution in [2.75, 3.05) is 5.73 Å². The van der Waals surface area contributed by atoms with Gasteiger partial charge in [0.05, 0.1) is 0 Å². The third-order valence-corrected chi connectivity index (χ3v) is 3.83. The lowest BCUT2D eigenvalue weighted by Gasteiger charge is -2.33. The number of nitrogen functional groups attached to an aromatic ring is 1. The average Bonchev–Trinajstić information content (AvgIpc) is 2.19. The van der Waals surface area contributed by atoms with Crippen molar-refractivity contribution in [3.8, 4) is 0 Å². The third-order valence-electron chi connectivity index (χ3n) is 3.83. The van der Waals surface area contributed by atoms with Gasteiger partial charge in [-0.1, -0.05) is 47.6 Å². The summed E-state index contributed by atoms with van der Waals surface area (Å²) in [5, 5.41) is 0. The second kappa shape index (κ2) is 4.36. The van der Waals surface area contributed by atoms with Crippen molar-refractivity contribution >= 4 is 5.69 Å². The van der Waals surface area contributed by atoms with Crippen molar-refractivity contribution in [1.82, 2.24) is 0 Å². The van der Waals surface area contributed by atoms with Crippen LogP contribution in [0.2, 0.25) is 0 Å². The smallest absolute Gasteiger partial charge is 0.0346 e. The van der Waals surface area contributed by atoms with Crippen LogP contribution in [0.3, 0.4) is 0 Å². The van der Waals surface area contributed by atoms with Gasteiger partial charge in [-0.25, -0.2) is 0 Å². The molecule has 17 heavy (non-hydrogen) atoms. The second-order valence-corrected chi connectivity index (χ2v) is 6.74. The summed E-state index contributed by atoms with van der Waals surface area (Å²) in [6.07, 6.45) is 1.14. The van der Waals surface area contributed by atoms with Gasteiger partial charge in [0, 0.05) is 5.69 Å². The zero-order valence-electron chi connectivity index (χ0n) is 12.4. The number of hydrogen-bond acceptors (Lipinski definition) is 1. The standard InChI is InChI=1S/C16H27N/c1-8-16(6,7)13-9-11(2)14(17)10-12(13)15(3,4)5/h9-10H,8,17H2,1-7H3. The maximum absolute atomic E-state index is 6.07. The average molecular weight is 233 g/mol. The summed E-state index contributed by atoms with van der Waals surface area (Å²) < 4.78 is 0. The van der Waals surface area contributed by atoms with Gasteiger partial charge in [0.15, 0.2) is 0 Å². The summed E-state index contributed by atoms with van der Waals surface area (Å²) in [4.78, 5) is 0. The van der Waals surface area contributed by atoms with Gasteiger partial charge in [0.25, 0.3) is 0 Å². The highest BCUT2D eigenvalue weighted by molar-refractivity contribution is 5.55. The highest BCUT2D eigenvalue weighted by Crippen LogP contribution is 2.38. The van der Waals surface area contributed by atoms with E-state index in [1.54, 1.807) is 0 Å². The first-order valence-corrected chi connectivity index (χ1v) is 6.50. The highest BCUT2D eigenvalue weighted by atomic mass is 14.6. The van der Waals surface area contributed by atoms with Gasteiger partial charge in [0.1, 0.15) is 0 Å². The van der Waals surface area contributed by atoms with E-state index < -0.39 is 0 Å². The van der Waals surface area contributed by atoms with Crippen molar-refractivity contribution in [1.29, 1.82) is 0 Å². The molecule has 1 aromatic carbocycles. The molecule has 0 aliphatic rings. The Labute approximate surface area is 106 Å². The van der Waals surface area contributed by atoms with Crippen LogP contribution in [0.25, 0.3) is 0 Å². The predicted molar refractivity (Wildman–Crippen MR) is 77.6 cm³/mol. The number of nitrogens with two attached hydrogens (primary N) is 1. The number of benzene rings is 1. The summed E-state index contributed by atoms with van der Waals surface area (Å²) >= 11 is 0. The fourth-order valence-electron chi connectivity index (χ4n) is 2.10. The molecule has 0 amide bonds. The lowest BCUT2D eigenvalue weighted by molar-refractivity contribution is 0.479. The van der Waals surface area contributed by atoms with Gasteiger partial charge >= 0.3 is 0 Å². The van der Waals surface area contributed by atoms with Crippen molar-refractivity contribution < 1.29 is 0 Å². The zero-order chi connectivity index (χ0) is 13.4. The van der Waals surface area contributed by atoms with E-state index in [0.717, 1.165) is 12.1 Å². The largest absolute Gasteiger partial charge is 0.399 e. The summed E-state index contributed by atoms with van der Waals surface area (Å²) in [6, 6.07) is 4.45. The van der Waals surface area contributed by atoms with Crippen LogP contribution in [-0.4, -0.2) is 0 Å². The topological polar surface area (TPSA) is 26.0 Å². The van der Waals surface area contributed by atoms with Crippen molar-refractivity contribution in [2.24, 2.45) is 0 Å². The minimum absolute atomic E-state index is 0.142. The second-order valence-electron chi connectivity index (χ2n) is 6.74. The Morgan fingerprint density at radius 1 is 1.00 bits per heavy atom. The van der Waals surface area contributed by atoms with E-state index in [1.165, 1.54) is 16.7 Å². The summed E-state index contributed by atoms with van der Waals surface area (Å²) in [6.45, 7) is 15.7. The molecule has 0 spiro atoms. The Morgan fingerprint density at radius 2 is 1.53 bits per heavy atom. The van der Waals surface area contributed by atoms with Gasteiger partial charge in [-0.2, -0.15) is 0 Å². The van der Waals surface area contributed by atoms with E-state index in [4.69, 9.17) is 5.73 Å². The first-order chi connectivity index (χ1) is 7.59. The molecule has 2 N–H and O–H groups in total. The Morgan fingerprint density at radius 3 is 1.94 bits per heavy atom. The lowest BCUT2D eigenvalue weighted by atomic mass is 9.72. The van der Waals surface area contributed by atoms with Crippen LogP contribution in [0.4, 0.5) is 5.69 Å². The minimum atomic E-state index is 0.142. The molecule has 0 bridgehead atoms. The van der Waals surface area contributed by atoms with Gasteiger partial charge < -0.3 is 5.73 Å². The van der Waals surface area contributed by atoms with Crippen LogP contribution in [0, 0.1) is 6.92 Å². The minimum Gasteiger partial charge on any atom is -0.399 e. The Balaban J connectivity index is 3.53. The van der Waals surface area contributed by atoms with E-state index in [1.807, 2.05) is 0 Å². The van der Waals surface area contributed by atoms with Gasteiger partial charge in [-0.05, 0) is 46.9 Å². The zero-order valence-corrected chi connectivity index (χ0v) is 12.4. The van der Waals surface area contributed by atoms with Crippen LogP contribution in [0.15, 0.2) is 12.1 Å². The van der Waals surface area contributed by atoms with Gasteiger partial charge in [-0.3, -0.25) is 0 Å². The fraction of sp³-hybridized carbons (Fsp3) is 0.625. The molecule has 0 saturated carbocycles. The number of anilines is 1. The summed E-state index contributed by atoms with van der Waals surface area (Å²) in [7, 11) is 0. The van der Waals surface area contributed by atoms with E-state index in [0.29, 0.717) is 0 Å². The van der Waals surface area contributed by atoms with Crippen LogP contribution in [-0.2, 0) is 10.8 Å². The summed E-state index contributed by atoms with van der Waals surface area (Å²) in [5.41, 5.74) is 11.3. The van der Waals surface area contributed by atoms with Crippen molar-refractivity contribution in [3.05, 3.63) is 28.8 Å². The molecule has 0 aromatic heterocycles. The molecule has 1 nitrogen and oxygen atoms in total. The maximum Gasteiger partial charge on any atom is 0.0346 e. The molecule has 96 valence electrons. The molecule has 0 saturated heterocycles. The Kier molecular flexibility index (Phi) is 3.61. The molecule has 0 aliphatic heterocycles. The number of hydrogen-bond donors (Lipinski definition) is 1. The first-order valence-electron chi connectivity index (χ1n) is 6.50. The Bertz CT molecular complexity index is 408. The molecule has 1 rings (SSSR count). The SMILES string of the molecule is CCC(C)(C)c1cc(C)c(N)cc1C(C)(C)C. The molecular weight excluding hydrogens is 206 g/mol. The quantitative estimate of drug-likeness (QED) is 0.744. The van der Waals surface area contributed by atoms with Crippen LogP contribution in [0.1, 0.15) is 64.7 Å². The third kappa shape index (κ3) is 2.83. The molecule has 1 aromatic rings. The molecule has 0 unspecified atom stereocenters. The van der Waals surface area contributed by atoms with E-state index >= 15 is 0 Å². The molecule has 0 atom stereocenters.